The van der Waals surface area contributed by atoms with Crippen molar-refractivity contribution >= 4 is 17.6 Å². The van der Waals surface area contributed by atoms with Crippen molar-refractivity contribution in [1.29, 1.82) is 0 Å². The number of amides is 2. The second-order valence-corrected chi connectivity index (χ2v) is 3.94. The first kappa shape index (κ1) is 13.4. The Bertz CT molecular complexity index is 351. The molecule has 0 aromatic carbocycles. The van der Waals surface area contributed by atoms with Gasteiger partial charge in [-0.25, -0.2) is 0 Å². The Morgan fingerprint density at radius 1 is 1.18 bits per heavy atom. The molecule has 0 atom stereocenters. The van der Waals surface area contributed by atoms with Crippen LogP contribution in [0.1, 0.15) is 32.6 Å². The third kappa shape index (κ3) is 4.34. The Morgan fingerprint density at radius 2 is 1.82 bits per heavy atom. The van der Waals surface area contributed by atoms with Gasteiger partial charge < -0.3 is 0 Å². The number of ketones is 1. The van der Waals surface area contributed by atoms with Crippen molar-refractivity contribution in [2.75, 3.05) is 6.54 Å². The minimum absolute atomic E-state index is 0.127. The predicted octanol–water partition coefficient (Wildman–Crippen LogP) is 1.62. The third-order valence-corrected chi connectivity index (χ3v) is 2.56. The van der Waals surface area contributed by atoms with Gasteiger partial charge in [-0.15, -0.1) is 0 Å². The van der Waals surface area contributed by atoms with Gasteiger partial charge in [-0.05, 0) is 25.8 Å². The molecule has 0 aromatic heterocycles. The van der Waals surface area contributed by atoms with Gasteiger partial charge in [-0.3, -0.25) is 19.3 Å². The van der Waals surface area contributed by atoms with E-state index in [1.54, 1.807) is 12.2 Å². The van der Waals surface area contributed by atoms with Crippen LogP contribution in [0.4, 0.5) is 0 Å². The number of imide groups is 1. The van der Waals surface area contributed by atoms with Crippen LogP contribution in [0, 0.1) is 0 Å². The smallest absolute Gasteiger partial charge is 0.253 e. The SMILES string of the molecule is C/C=C/C(=O)CCCCCN1C(=O)C=CC1=O. The molecule has 0 saturated heterocycles. The number of carbonyl (C=O) groups is 3. The number of nitrogens with zero attached hydrogens (tertiary/aromatic N) is 1. The molecule has 17 heavy (non-hydrogen) atoms. The monoisotopic (exact) mass is 235 g/mol. The zero-order chi connectivity index (χ0) is 12.7. The van der Waals surface area contributed by atoms with Gasteiger partial charge in [-0.1, -0.05) is 12.5 Å². The molecule has 92 valence electrons. The quantitative estimate of drug-likeness (QED) is 0.383. The van der Waals surface area contributed by atoms with Crippen LogP contribution in [-0.2, 0) is 14.4 Å². The predicted molar refractivity (Wildman–Crippen MR) is 64.1 cm³/mol. The molecular formula is C13H17NO3. The molecule has 0 spiro atoms. The summed E-state index contributed by atoms with van der Waals surface area (Å²) in [6.45, 7) is 2.26. The number of allylic oxidation sites excluding steroid dienone is 2. The van der Waals surface area contributed by atoms with Crippen LogP contribution in [0.2, 0.25) is 0 Å². The van der Waals surface area contributed by atoms with E-state index in [0.29, 0.717) is 13.0 Å². The molecule has 4 nitrogen and oxygen atoms in total. The first-order valence-corrected chi connectivity index (χ1v) is 5.84. The van der Waals surface area contributed by atoms with Crippen molar-refractivity contribution in [3.63, 3.8) is 0 Å². The molecule has 0 fully saturated rings. The highest BCUT2D eigenvalue weighted by Crippen LogP contribution is 2.07. The van der Waals surface area contributed by atoms with Gasteiger partial charge in [0.15, 0.2) is 5.78 Å². The maximum absolute atomic E-state index is 11.2. The molecular weight excluding hydrogens is 218 g/mol. The average Bonchev–Trinajstić information content (AvgIpc) is 2.60. The van der Waals surface area contributed by atoms with E-state index in [2.05, 4.69) is 0 Å². The van der Waals surface area contributed by atoms with Gasteiger partial charge in [0.2, 0.25) is 0 Å². The second kappa shape index (κ2) is 6.78. The highest BCUT2D eigenvalue weighted by molar-refractivity contribution is 6.12. The van der Waals surface area contributed by atoms with Crippen LogP contribution in [0.5, 0.6) is 0 Å². The normalized spacial score (nSPS) is 15.2. The summed E-state index contributed by atoms with van der Waals surface area (Å²) < 4.78 is 0. The van der Waals surface area contributed by atoms with Gasteiger partial charge in [0, 0.05) is 25.1 Å². The summed E-state index contributed by atoms with van der Waals surface area (Å²) in [5, 5.41) is 0. The van der Waals surface area contributed by atoms with Gasteiger partial charge in [0.05, 0.1) is 0 Å². The summed E-state index contributed by atoms with van der Waals surface area (Å²) in [6, 6.07) is 0. The van der Waals surface area contributed by atoms with Crippen molar-refractivity contribution in [3.05, 3.63) is 24.3 Å². The Hall–Kier alpha value is -1.71. The van der Waals surface area contributed by atoms with Crippen molar-refractivity contribution in [1.82, 2.24) is 4.90 Å². The fourth-order valence-corrected chi connectivity index (χ4v) is 1.67. The summed E-state index contributed by atoms with van der Waals surface area (Å²) >= 11 is 0. The van der Waals surface area contributed by atoms with Crippen LogP contribution in [0.15, 0.2) is 24.3 Å². The summed E-state index contributed by atoms with van der Waals surface area (Å²) in [6.07, 6.45) is 8.81. The minimum Gasteiger partial charge on any atom is -0.295 e. The van der Waals surface area contributed by atoms with E-state index in [1.807, 2.05) is 6.92 Å². The zero-order valence-electron chi connectivity index (χ0n) is 10.0. The number of rotatable bonds is 7. The van der Waals surface area contributed by atoms with Crippen LogP contribution in [-0.4, -0.2) is 29.0 Å². The summed E-state index contributed by atoms with van der Waals surface area (Å²) in [5.74, 6) is -0.345. The highest BCUT2D eigenvalue weighted by Gasteiger charge is 2.21. The van der Waals surface area contributed by atoms with Gasteiger partial charge >= 0.3 is 0 Å². The summed E-state index contributed by atoms with van der Waals surface area (Å²) in [5.41, 5.74) is 0. The molecule has 2 amide bonds. The molecule has 1 rings (SSSR count). The molecule has 0 bridgehead atoms. The molecule has 4 heteroatoms. The maximum atomic E-state index is 11.2. The molecule has 1 aliphatic heterocycles. The summed E-state index contributed by atoms with van der Waals surface area (Å²) in [7, 11) is 0. The van der Waals surface area contributed by atoms with E-state index in [1.165, 1.54) is 17.1 Å². The maximum Gasteiger partial charge on any atom is 0.253 e. The second-order valence-electron chi connectivity index (χ2n) is 3.94. The molecule has 0 aromatic rings. The number of hydrogen-bond acceptors (Lipinski definition) is 3. The largest absolute Gasteiger partial charge is 0.295 e. The first-order chi connectivity index (χ1) is 8.15. The van der Waals surface area contributed by atoms with Gasteiger partial charge in [0.25, 0.3) is 11.8 Å². The molecule has 0 saturated carbocycles. The Balaban J connectivity index is 2.11. The van der Waals surface area contributed by atoms with E-state index >= 15 is 0 Å². The van der Waals surface area contributed by atoms with E-state index in [4.69, 9.17) is 0 Å². The molecule has 0 radical (unpaired) electrons. The highest BCUT2D eigenvalue weighted by atomic mass is 16.2. The fraction of sp³-hybridized carbons (Fsp3) is 0.462. The van der Waals surface area contributed by atoms with E-state index in [-0.39, 0.29) is 17.6 Å². The van der Waals surface area contributed by atoms with Crippen LogP contribution in [0.3, 0.4) is 0 Å². The third-order valence-electron chi connectivity index (χ3n) is 2.56. The molecule has 1 aliphatic rings. The van der Waals surface area contributed by atoms with Crippen LogP contribution in [0.25, 0.3) is 0 Å². The van der Waals surface area contributed by atoms with E-state index in [9.17, 15) is 14.4 Å². The van der Waals surface area contributed by atoms with Crippen LogP contribution >= 0.6 is 0 Å². The lowest BCUT2D eigenvalue weighted by atomic mass is 10.1. The first-order valence-electron chi connectivity index (χ1n) is 5.84. The number of hydrogen-bond donors (Lipinski definition) is 0. The van der Waals surface area contributed by atoms with Gasteiger partial charge in [0.1, 0.15) is 0 Å². The lowest BCUT2D eigenvalue weighted by Gasteiger charge is -2.12. The fourth-order valence-electron chi connectivity index (χ4n) is 1.67. The minimum atomic E-state index is -0.236. The van der Waals surface area contributed by atoms with Gasteiger partial charge in [-0.2, -0.15) is 0 Å². The average molecular weight is 235 g/mol. The zero-order valence-corrected chi connectivity index (χ0v) is 10.0. The molecule has 0 aliphatic carbocycles. The lowest BCUT2D eigenvalue weighted by molar-refractivity contribution is -0.136. The topological polar surface area (TPSA) is 54.5 Å². The van der Waals surface area contributed by atoms with Crippen molar-refractivity contribution in [3.8, 4) is 0 Å². The Labute approximate surface area is 101 Å². The van der Waals surface area contributed by atoms with E-state index in [0.717, 1.165) is 19.3 Å². The van der Waals surface area contributed by atoms with Crippen molar-refractivity contribution in [2.24, 2.45) is 0 Å². The Kier molecular flexibility index (Phi) is 5.33. The molecule has 0 N–H and O–H groups in total. The number of carbonyl (C=O) groups excluding carboxylic acids is 3. The van der Waals surface area contributed by atoms with Crippen LogP contribution < -0.4 is 0 Å². The molecule has 1 heterocycles. The number of unbranched alkanes of at least 4 members (excludes halogenated alkanes) is 2. The summed E-state index contributed by atoms with van der Waals surface area (Å²) in [4.78, 5) is 34.8. The van der Waals surface area contributed by atoms with Crippen molar-refractivity contribution in [2.45, 2.75) is 32.6 Å². The lowest BCUT2D eigenvalue weighted by Crippen LogP contribution is -2.30. The van der Waals surface area contributed by atoms with E-state index < -0.39 is 0 Å². The standard InChI is InChI=1S/C13H17NO3/c1-2-6-11(15)7-4-3-5-10-14-12(16)8-9-13(14)17/h2,6,8-9H,3-5,7,10H2,1H3/b6-2+. The van der Waals surface area contributed by atoms with Crippen molar-refractivity contribution < 1.29 is 14.4 Å². The molecule has 0 unspecified atom stereocenters. The Morgan fingerprint density at radius 3 is 2.41 bits per heavy atom.